The molecule has 154 valence electrons. The molecule has 0 saturated carbocycles. The third kappa shape index (κ3) is 4.60. The van der Waals surface area contributed by atoms with Gasteiger partial charge in [-0.15, -0.1) is 0 Å². The van der Waals surface area contributed by atoms with Crippen LogP contribution in [0.4, 0.5) is 0 Å². The van der Waals surface area contributed by atoms with Crippen LogP contribution in [0.25, 0.3) is 0 Å². The number of nitrogens with zero attached hydrogens (tertiary/aromatic N) is 1. The zero-order valence-corrected chi connectivity index (χ0v) is 17.7. The minimum absolute atomic E-state index is 0.0246. The number of fused-ring (bicyclic) bond motifs is 1. The van der Waals surface area contributed by atoms with Gasteiger partial charge in [-0.2, -0.15) is 0 Å². The van der Waals surface area contributed by atoms with Crippen molar-refractivity contribution in [2.75, 3.05) is 13.2 Å². The zero-order valence-electron chi connectivity index (χ0n) is 16.9. The fourth-order valence-corrected chi connectivity index (χ4v) is 3.87. The lowest BCUT2D eigenvalue weighted by Gasteiger charge is -2.29. The van der Waals surface area contributed by atoms with Gasteiger partial charge in [-0.3, -0.25) is 4.79 Å². The summed E-state index contributed by atoms with van der Waals surface area (Å²) >= 11 is 6.04. The van der Waals surface area contributed by atoms with E-state index in [4.69, 9.17) is 21.1 Å². The Morgan fingerprint density at radius 2 is 1.83 bits per heavy atom. The van der Waals surface area contributed by atoms with Gasteiger partial charge in [-0.1, -0.05) is 41.9 Å². The second kappa shape index (κ2) is 9.23. The van der Waals surface area contributed by atoms with Gasteiger partial charge >= 0.3 is 0 Å². The molecule has 3 aromatic rings. The van der Waals surface area contributed by atoms with E-state index in [9.17, 15) is 4.79 Å². The summed E-state index contributed by atoms with van der Waals surface area (Å²) in [5.74, 6) is 1.42. The maximum atomic E-state index is 13.2. The first kappa shape index (κ1) is 20.3. The van der Waals surface area contributed by atoms with E-state index in [0.29, 0.717) is 36.1 Å². The lowest BCUT2D eigenvalue weighted by molar-refractivity contribution is 0.0734. The van der Waals surface area contributed by atoms with Crippen LogP contribution in [-0.2, 0) is 19.6 Å². The number of carbonyl (C=O) groups is 1. The van der Waals surface area contributed by atoms with E-state index in [0.717, 1.165) is 24.3 Å². The molecule has 0 radical (unpaired) electrons. The third-order valence-electron chi connectivity index (χ3n) is 5.22. The number of amides is 1. The number of benzene rings is 3. The lowest BCUT2D eigenvalue weighted by Crippen LogP contribution is -2.36. The minimum atomic E-state index is 0.0246. The predicted molar refractivity (Wildman–Crippen MR) is 118 cm³/mol. The van der Waals surface area contributed by atoms with E-state index in [-0.39, 0.29) is 5.91 Å². The molecular formula is C25H24ClNO3. The van der Waals surface area contributed by atoms with Crippen molar-refractivity contribution in [3.63, 3.8) is 0 Å². The lowest BCUT2D eigenvalue weighted by atomic mass is 9.99. The van der Waals surface area contributed by atoms with Gasteiger partial charge < -0.3 is 14.4 Å². The van der Waals surface area contributed by atoms with Crippen LogP contribution in [0.1, 0.15) is 34.0 Å². The van der Waals surface area contributed by atoms with Gasteiger partial charge in [0.2, 0.25) is 0 Å². The van der Waals surface area contributed by atoms with Crippen molar-refractivity contribution in [2.24, 2.45) is 0 Å². The van der Waals surface area contributed by atoms with Gasteiger partial charge in [0.15, 0.2) is 0 Å². The van der Waals surface area contributed by atoms with Crippen LogP contribution < -0.4 is 9.47 Å². The van der Waals surface area contributed by atoms with Crippen molar-refractivity contribution < 1.29 is 14.3 Å². The number of hydrogen-bond donors (Lipinski definition) is 0. The topological polar surface area (TPSA) is 38.8 Å². The molecular weight excluding hydrogens is 398 g/mol. The molecule has 1 heterocycles. The van der Waals surface area contributed by atoms with Crippen LogP contribution >= 0.6 is 11.6 Å². The Morgan fingerprint density at radius 1 is 1.00 bits per heavy atom. The zero-order chi connectivity index (χ0) is 20.9. The van der Waals surface area contributed by atoms with Gasteiger partial charge in [0.1, 0.15) is 18.1 Å². The highest BCUT2D eigenvalue weighted by Gasteiger charge is 2.22. The summed E-state index contributed by atoms with van der Waals surface area (Å²) in [6, 6.07) is 21.1. The maximum Gasteiger partial charge on any atom is 0.254 e. The van der Waals surface area contributed by atoms with Crippen LogP contribution in [0.15, 0.2) is 66.7 Å². The highest BCUT2D eigenvalue weighted by molar-refractivity contribution is 6.30. The van der Waals surface area contributed by atoms with Crippen molar-refractivity contribution in [1.29, 1.82) is 0 Å². The summed E-state index contributed by atoms with van der Waals surface area (Å²) < 4.78 is 11.6. The summed E-state index contributed by atoms with van der Waals surface area (Å²) in [4.78, 5) is 15.1. The third-order valence-corrected chi connectivity index (χ3v) is 5.45. The van der Waals surface area contributed by atoms with Crippen LogP contribution in [0.5, 0.6) is 11.5 Å². The van der Waals surface area contributed by atoms with E-state index in [1.807, 2.05) is 48.2 Å². The number of hydrogen-bond acceptors (Lipinski definition) is 3. The van der Waals surface area contributed by atoms with Gasteiger partial charge in [0.05, 0.1) is 6.61 Å². The number of halogens is 1. The molecule has 5 heteroatoms. The fourth-order valence-electron chi connectivity index (χ4n) is 3.69. The maximum absolute atomic E-state index is 13.2. The first-order valence-electron chi connectivity index (χ1n) is 10.1. The second-order valence-corrected chi connectivity index (χ2v) is 7.68. The standard InChI is InChI=1S/C25H24ClNO3/c1-2-29-24-11-10-19(14-21(24)17-30-23-9-5-8-22(26)15-23)25(28)27-13-12-18-6-3-4-7-20(18)16-27/h3-11,14-15H,2,12-13,16-17H2,1H3. The average Bonchev–Trinajstić information content (AvgIpc) is 2.78. The summed E-state index contributed by atoms with van der Waals surface area (Å²) in [5, 5.41) is 0.617. The van der Waals surface area contributed by atoms with Gasteiger partial charge in [-0.05, 0) is 60.9 Å². The highest BCUT2D eigenvalue weighted by Crippen LogP contribution is 2.26. The van der Waals surface area contributed by atoms with Crippen LogP contribution in [0.2, 0.25) is 5.02 Å². The Hall–Kier alpha value is -2.98. The minimum Gasteiger partial charge on any atom is -0.493 e. The van der Waals surface area contributed by atoms with Crippen molar-refractivity contribution >= 4 is 17.5 Å². The van der Waals surface area contributed by atoms with Gasteiger partial charge in [0, 0.05) is 29.2 Å². The molecule has 0 aromatic heterocycles. The first-order valence-corrected chi connectivity index (χ1v) is 10.5. The molecule has 30 heavy (non-hydrogen) atoms. The molecule has 1 amide bonds. The predicted octanol–water partition coefficient (Wildman–Crippen LogP) is 5.52. The molecule has 4 rings (SSSR count). The van der Waals surface area contributed by atoms with Crippen molar-refractivity contribution in [3.05, 3.63) is 94.0 Å². The molecule has 1 aliphatic heterocycles. The van der Waals surface area contributed by atoms with Gasteiger partial charge in [0.25, 0.3) is 5.91 Å². The number of carbonyl (C=O) groups excluding carboxylic acids is 1. The largest absolute Gasteiger partial charge is 0.493 e. The highest BCUT2D eigenvalue weighted by atomic mass is 35.5. The summed E-state index contributed by atoms with van der Waals surface area (Å²) in [7, 11) is 0. The van der Waals surface area contributed by atoms with E-state index in [1.165, 1.54) is 11.1 Å². The molecule has 0 aliphatic carbocycles. The molecule has 0 saturated heterocycles. The SMILES string of the molecule is CCOc1ccc(C(=O)N2CCc3ccccc3C2)cc1COc1cccc(Cl)c1. The molecule has 0 bridgehead atoms. The number of rotatable bonds is 6. The van der Waals surface area contributed by atoms with E-state index in [1.54, 1.807) is 12.1 Å². The molecule has 4 nitrogen and oxygen atoms in total. The molecule has 0 atom stereocenters. The van der Waals surface area contributed by atoms with Crippen molar-refractivity contribution in [2.45, 2.75) is 26.5 Å². The second-order valence-electron chi connectivity index (χ2n) is 7.25. The van der Waals surface area contributed by atoms with E-state index in [2.05, 4.69) is 18.2 Å². The molecule has 0 unspecified atom stereocenters. The first-order chi connectivity index (χ1) is 14.6. The smallest absolute Gasteiger partial charge is 0.254 e. The van der Waals surface area contributed by atoms with Crippen LogP contribution in [0.3, 0.4) is 0 Å². The molecule has 1 aliphatic rings. The Morgan fingerprint density at radius 3 is 2.63 bits per heavy atom. The van der Waals surface area contributed by atoms with E-state index >= 15 is 0 Å². The Kier molecular flexibility index (Phi) is 6.24. The quantitative estimate of drug-likeness (QED) is 0.526. The number of ether oxygens (including phenoxy) is 2. The molecule has 3 aromatic carbocycles. The molecule has 0 N–H and O–H groups in total. The Bertz CT molecular complexity index is 1050. The Labute approximate surface area is 182 Å². The van der Waals surface area contributed by atoms with E-state index < -0.39 is 0 Å². The molecule has 0 fully saturated rings. The van der Waals surface area contributed by atoms with Crippen molar-refractivity contribution in [1.82, 2.24) is 4.90 Å². The van der Waals surface area contributed by atoms with Gasteiger partial charge in [-0.25, -0.2) is 0 Å². The summed E-state index contributed by atoms with van der Waals surface area (Å²) in [6.07, 6.45) is 0.879. The monoisotopic (exact) mass is 421 g/mol. The fraction of sp³-hybridized carbons (Fsp3) is 0.240. The van der Waals surface area contributed by atoms with Crippen molar-refractivity contribution in [3.8, 4) is 11.5 Å². The average molecular weight is 422 g/mol. The van der Waals surface area contributed by atoms with Crippen LogP contribution in [-0.4, -0.2) is 24.0 Å². The summed E-state index contributed by atoms with van der Waals surface area (Å²) in [5.41, 5.74) is 4.01. The van der Waals surface area contributed by atoms with Crippen LogP contribution in [0, 0.1) is 0 Å². The molecule has 0 spiro atoms. The normalized spacial score (nSPS) is 12.9. The summed E-state index contributed by atoms with van der Waals surface area (Å²) in [6.45, 7) is 4.12. The Balaban J connectivity index is 1.53.